The molecule has 1 aromatic heterocycles. The number of hydrogen-bond acceptors (Lipinski definition) is 4. The molecule has 1 aromatic rings. The van der Waals surface area contributed by atoms with Crippen LogP contribution >= 0.6 is 11.3 Å². The van der Waals surface area contributed by atoms with E-state index in [0.29, 0.717) is 6.54 Å². The first-order valence-electron chi connectivity index (χ1n) is 5.72. The lowest BCUT2D eigenvalue weighted by atomic mass is 10.1. The van der Waals surface area contributed by atoms with Crippen LogP contribution in [0.1, 0.15) is 25.1 Å². The smallest absolute Gasteiger partial charge is 0.305 e. The standard InChI is InChI=1S/C12H18N2O3S/c1-8(2)14(7-9-4-3-5-18-9)12(17)10(13)6-11(15)16/h3-5,8,10H,6-7,13H2,1-2H3,(H,15,16). The SMILES string of the molecule is CC(C)N(Cc1cccs1)C(=O)C(N)CC(=O)O. The molecule has 0 aliphatic heterocycles. The number of amides is 1. The Kier molecular flexibility index (Phi) is 5.30. The van der Waals surface area contributed by atoms with Gasteiger partial charge in [-0.15, -0.1) is 11.3 Å². The molecule has 1 amide bonds. The number of nitrogens with zero attached hydrogens (tertiary/aromatic N) is 1. The Hall–Kier alpha value is -1.40. The van der Waals surface area contributed by atoms with Crippen molar-refractivity contribution in [2.75, 3.05) is 0 Å². The fourth-order valence-electron chi connectivity index (χ4n) is 1.57. The topological polar surface area (TPSA) is 83.6 Å². The van der Waals surface area contributed by atoms with Gasteiger partial charge >= 0.3 is 5.97 Å². The lowest BCUT2D eigenvalue weighted by Crippen LogP contribution is -2.47. The van der Waals surface area contributed by atoms with Crippen molar-refractivity contribution in [2.24, 2.45) is 5.73 Å². The monoisotopic (exact) mass is 270 g/mol. The Morgan fingerprint density at radius 1 is 1.50 bits per heavy atom. The molecule has 6 heteroatoms. The second kappa shape index (κ2) is 6.51. The maximum Gasteiger partial charge on any atom is 0.305 e. The van der Waals surface area contributed by atoms with E-state index in [1.54, 1.807) is 16.2 Å². The number of rotatable bonds is 6. The summed E-state index contributed by atoms with van der Waals surface area (Å²) in [5.41, 5.74) is 5.62. The molecule has 1 unspecified atom stereocenters. The van der Waals surface area contributed by atoms with Gasteiger partial charge in [-0.3, -0.25) is 9.59 Å². The molecule has 0 spiro atoms. The van der Waals surface area contributed by atoms with E-state index in [9.17, 15) is 9.59 Å². The van der Waals surface area contributed by atoms with Crippen molar-refractivity contribution < 1.29 is 14.7 Å². The van der Waals surface area contributed by atoms with Crippen molar-refractivity contribution in [1.82, 2.24) is 4.90 Å². The number of carboxylic acids is 1. The average molecular weight is 270 g/mol. The molecule has 0 aromatic carbocycles. The highest BCUT2D eigenvalue weighted by atomic mass is 32.1. The van der Waals surface area contributed by atoms with Gasteiger partial charge in [-0.05, 0) is 25.3 Å². The van der Waals surface area contributed by atoms with E-state index in [1.807, 2.05) is 31.4 Å². The quantitative estimate of drug-likeness (QED) is 0.815. The number of carbonyl (C=O) groups is 2. The number of carboxylic acid groups (broad SMARTS) is 1. The summed E-state index contributed by atoms with van der Waals surface area (Å²) in [6, 6.07) is 2.86. The molecule has 0 fully saturated rings. The number of nitrogens with two attached hydrogens (primary N) is 1. The molecule has 0 radical (unpaired) electrons. The lowest BCUT2D eigenvalue weighted by Gasteiger charge is -2.28. The van der Waals surface area contributed by atoms with Gasteiger partial charge in [0.2, 0.25) is 5.91 Å². The number of carbonyl (C=O) groups excluding carboxylic acids is 1. The second-order valence-corrected chi connectivity index (χ2v) is 5.38. The van der Waals surface area contributed by atoms with Crippen LogP contribution in [0.2, 0.25) is 0 Å². The van der Waals surface area contributed by atoms with Crippen molar-refractivity contribution in [2.45, 2.75) is 38.9 Å². The molecule has 0 aliphatic rings. The molecular weight excluding hydrogens is 252 g/mol. The molecule has 0 aliphatic carbocycles. The highest BCUT2D eigenvalue weighted by molar-refractivity contribution is 7.09. The third-order valence-corrected chi connectivity index (χ3v) is 3.39. The first-order chi connectivity index (χ1) is 8.41. The van der Waals surface area contributed by atoms with Crippen molar-refractivity contribution in [1.29, 1.82) is 0 Å². The highest BCUT2D eigenvalue weighted by Crippen LogP contribution is 2.15. The van der Waals surface area contributed by atoms with Crippen LogP contribution in [-0.4, -0.2) is 34.0 Å². The van der Waals surface area contributed by atoms with Crippen molar-refractivity contribution in [3.63, 3.8) is 0 Å². The van der Waals surface area contributed by atoms with Crippen LogP contribution in [0.5, 0.6) is 0 Å². The molecular formula is C12H18N2O3S. The largest absolute Gasteiger partial charge is 0.481 e. The summed E-state index contributed by atoms with van der Waals surface area (Å²) in [6.07, 6.45) is -0.341. The van der Waals surface area contributed by atoms with Gasteiger partial charge in [0.1, 0.15) is 0 Å². The molecule has 0 bridgehead atoms. The predicted octanol–water partition coefficient (Wildman–Crippen LogP) is 1.29. The number of aliphatic carboxylic acids is 1. The van der Waals surface area contributed by atoms with Crippen LogP contribution in [0.25, 0.3) is 0 Å². The first-order valence-corrected chi connectivity index (χ1v) is 6.60. The van der Waals surface area contributed by atoms with Gasteiger partial charge in [0.25, 0.3) is 0 Å². The van der Waals surface area contributed by atoms with Gasteiger partial charge in [-0.2, -0.15) is 0 Å². The number of hydrogen-bond donors (Lipinski definition) is 2. The van der Waals surface area contributed by atoms with E-state index in [4.69, 9.17) is 10.8 Å². The zero-order valence-corrected chi connectivity index (χ0v) is 11.3. The molecule has 0 saturated heterocycles. The summed E-state index contributed by atoms with van der Waals surface area (Å²) in [5.74, 6) is -1.38. The van der Waals surface area contributed by atoms with Gasteiger partial charge in [-0.25, -0.2) is 0 Å². The Labute approximate surface area is 110 Å². The van der Waals surface area contributed by atoms with Crippen molar-refractivity contribution in [3.8, 4) is 0 Å². The third kappa shape index (κ3) is 4.12. The van der Waals surface area contributed by atoms with Crippen LogP contribution < -0.4 is 5.73 Å². The Morgan fingerprint density at radius 3 is 2.61 bits per heavy atom. The van der Waals surface area contributed by atoms with Crippen LogP contribution in [-0.2, 0) is 16.1 Å². The molecule has 1 atom stereocenters. The molecule has 1 rings (SSSR count). The highest BCUT2D eigenvalue weighted by Gasteiger charge is 2.25. The third-order valence-electron chi connectivity index (χ3n) is 2.52. The van der Waals surface area contributed by atoms with Crippen LogP contribution in [0.3, 0.4) is 0 Å². The van der Waals surface area contributed by atoms with Gasteiger partial charge in [0, 0.05) is 10.9 Å². The minimum Gasteiger partial charge on any atom is -0.481 e. The Morgan fingerprint density at radius 2 is 2.17 bits per heavy atom. The van der Waals surface area contributed by atoms with Crippen LogP contribution in [0.4, 0.5) is 0 Å². The molecule has 1 heterocycles. The summed E-state index contributed by atoms with van der Waals surface area (Å²) >= 11 is 1.56. The minimum atomic E-state index is -1.06. The molecule has 3 N–H and O–H groups in total. The molecule has 100 valence electrons. The average Bonchev–Trinajstić information content (AvgIpc) is 2.76. The molecule has 5 nitrogen and oxygen atoms in total. The minimum absolute atomic E-state index is 0.0144. The fraction of sp³-hybridized carbons (Fsp3) is 0.500. The van der Waals surface area contributed by atoms with Crippen LogP contribution in [0, 0.1) is 0 Å². The van der Waals surface area contributed by atoms with E-state index in [1.165, 1.54) is 0 Å². The summed E-state index contributed by atoms with van der Waals surface area (Å²) in [5, 5.41) is 10.6. The van der Waals surface area contributed by atoms with E-state index in [0.717, 1.165) is 4.88 Å². The summed E-state index contributed by atoms with van der Waals surface area (Å²) in [6.45, 7) is 4.25. The van der Waals surface area contributed by atoms with Gasteiger partial charge in [-0.1, -0.05) is 6.07 Å². The van der Waals surface area contributed by atoms with Gasteiger partial charge in [0.05, 0.1) is 19.0 Å². The summed E-state index contributed by atoms with van der Waals surface area (Å²) in [7, 11) is 0. The van der Waals surface area contributed by atoms with Gasteiger partial charge in [0.15, 0.2) is 0 Å². The second-order valence-electron chi connectivity index (χ2n) is 4.34. The Bertz CT molecular complexity index is 403. The van der Waals surface area contributed by atoms with E-state index < -0.39 is 12.0 Å². The van der Waals surface area contributed by atoms with Crippen molar-refractivity contribution >= 4 is 23.2 Å². The number of thiophene rings is 1. The van der Waals surface area contributed by atoms with Gasteiger partial charge < -0.3 is 15.7 Å². The summed E-state index contributed by atoms with van der Waals surface area (Å²) in [4.78, 5) is 25.3. The van der Waals surface area contributed by atoms with Crippen LogP contribution in [0.15, 0.2) is 17.5 Å². The zero-order chi connectivity index (χ0) is 13.7. The van der Waals surface area contributed by atoms with E-state index >= 15 is 0 Å². The maximum absolute atomic E-state index is 12.1. The Balaban J connectivity index is 2.72. The van der Waals surface area contributed by atoms with E-state index in [2.05, 4.69) is 0 Å². The normalized spacial score (nSPS) is 12.4. The fourth-order valence-corrected chi connectivity index (χ4v) is 2.28. The van der Waals surface area contributed by atoms with Crippen molar-refractivity contribution in [3.05, 3.63) is 22.4 Å². The molecule has 18 heavy (non-hydrogen) atoms. The van der Waals surface area contributed by atoms with E-state index in [-0.39, 0.29) is 18.4 Å². The predicted molar refractivity (Wildman–Crippen MR) is 70.2 cm³/mol. The first kappa shape index (κ1) is 14.7. The lowest BCUT2D eigenvalue weighted by molar-refractivity contribution is -0.143. The zero-order valence-electron chi connectivity index (χ0n) is 10.5. The summed E-state index contributed by atoms with van der Waals surface area (Å²) < 4.78 is 0. The maximum atomic E-state index is 12.1. The molecule has 0 saturated carbocycles.